The minimum Gasteiger partial charge on any atom is -0.492 e. The quantitative estimate of drug-likeness (QED) is 0.828. The highest BCUT2D eigenvalue weighted by atomic mass is 35.5. The number of nitrogens with one attached hydrogen (secondary N) is 1. The van der Waals surface area contributed by atoms with Crippen LogP contribution >= 0.6 is 12.4 Å². The lowest BCUT2D eigenvalue weighted by Gasteiger charge is -2.18. The summed E-state index contributed by atoms with van der Waals surface area (Å²) in [4.78, 5) is 25.7. The SMILES string of the molecule is CCOc1ccc(C(=O)N(C)C)cc1NC(=O)C(C)C(C)N.Cl. The molecule has 6 nitrogen and oxygen atoms in total. The Morgan fingerprint density at radius 3 is 2.39 bits per heavy atom. The third-order valence-corrected chi connectivity index (χ3v) is 3.39. The molecule has 130 valence electrons. The molecule has 1 rings (SSSR count). The van der Waals surface area contributed by atoms with E-state index in [0.29, 0.717) is 23.6 Å². The van der Waals surface area contributed by atoms with Gasteiger partial charge in [-0.3, -0.25) is 9.59 Å². The molecule has 0 spiro atoms. The number of hydrogen-bond acceptors (Lipinski definition) is 4. The van der Waals surface area contributed by atoms with Crippen molar-refractivity contribution in [1.29, 1.82) is 0 Å². The van der Waals surface area contributed by atoms with Gasteiger partial charge in [-0.25, -0.2) is 0 Å². The fraction of sp³-hybridized carbons (Fsp3) is 0.500. The van der Waals surface area contributed by atoms with Crippen molar-refractivity contribution in [3.63, 3.8) is 0 Å². The molecule has 2 atom stereocenters. The van der Waals surface area contributed by atoms with Gasteiger partial charge < -0.3 is 20.7 Å². The Hall–Kier alpha value is -1.79. The highest BCUT2D eigenvalue weighted by Crippen LogP contribution is 2.27. The molecule has 1 aromatic rings. The van der Waals surface area contributed by atoms with Crippen LogP contribution in [0.2, 0.25) is 0 Å². The molecule has 0 aliphatic heterocycles. The van der Waals surface area contributed by atoms with E-state index in [1.807, 2.05) is 6.92 Å². The summed E-state index contributed by atoms with van der Waals surface area (Å²) in [5.74, 6) is -0.157. The number of hydrogen-bond donors (Lipinski definition) is 2. The van der Waals surface area contributed by atoms with Crippen molar-refractivity contribution in [2.75, 3.05) is 26.0 Å². The molecule has 0 heterocycles. The molecule has 2 amide bonds. The minimum absolute atomic E-state index is 0. The molecule has 0 aliphatic rings. The minimum atomic E-state index is -0.345. The second-order valence-corrected chi connectivity index (χ2v) is 5.48. The summed E-state index contributed by atoms with van der Waals surface area (Å²) in [7, 11) is 3.35. The molecule has 7 heteroatoms. The summed E-state index contributed by atoms with van der Waals surface area (Å²) >= 11 is 0. The first-order valence-electron chi connectivity index (χ1n) is 7.32. The van der Waals surface area contributed by atoms with Gasteiger partial charge in [-0.05, 0) is 32.0 Å². The summed E-state index contributed by atoms with van der Waals surface area (Å²) in [6.07, 6.45) is 0. The van der Waals surface area contributed by atoms with E-state index < -0.39 is 0 Å². The molecule has 0 aromatic heterocycles. The molecule has 0 fully saturated rings. The van der Waals surface area contributed by atoms with Crippen molar-refractivity contribution in [2.24, 2.45) is 11.7 Å². The van der Waals surface area contributed by atoms with Crippen LogP contribution in [-0.4, -0.2) is 43.5 Å². The molecule has 0 bridgehead atoms. The van der Waals surface area contributed by atoms with Crippen molar-refractivity contribution in [3.8, 4) is 5.75 Å². The van der Waals surface area contributed by atoms with Gasteiger partial charge in [0.1, 0.15) is 5.75 Å². The molecule has 23 heavy (non-hydrogen) atoms. The number of nitrogens with two attached hydrogens (primary N) is 1. The van der Waals surface area contributed by atoms with E-state index in [1.165, 1.54) is 4.90 Å². The van der Waals surface area contributed by atoms with E-state index in [4.69, 9.17) is 10.5 Å². The summed E-state index contributed by atoms with van der Waals surface area (Å²) in [6.45, 7) is 5.86. The first kappa shape index (κ1) is 21.2. The Labute approximate surface area is 143 Å². The summed E-state index contributed by atoms with van der Waals surface area (Å²) in [6, 6.07) is 4.73. The Balaban J connectivity index is 0.00000484. The number of nitrogens with zero attached hydrogens (tertiary/aromatic N) is 1. The fourth-order valence-corrected chi connectivity index (χ4v) is 1.79. The highest BCUT2D eigenvalue weighted by Gasteiger charge is 2.19. The lowest BCUT2D eigenvalue weighted by Crippen LogP contribution is -2.34. The number of carbonyl (C=O) groups is 2. The third kappa shape index (κ3) is 5.73. The zero-order chi connectivity index (χ0) is 16.9. The largest absolute Gasteiger partial charge is 0.492 e. The van der Waals surface area contributed by atoms with Crippen LogP contribution < -0.4 is 15.8 Å². The van der Waals surface area contributed by atoms with Crippen LogP contribution in [0.25, 0.3) is 0 Å². The zero-order valence-corrected chi connectivity index (χ0v) is 15.1. The third-order valence-electron chi connectivity index (χ3n) is 3.39. The van der Waals surface area contributed by atoms with Crippen molar-refractivity contribution >= 4 is 29.9 Å². The van der Waals surface area contributed by atoms with E-state index in [-0.39, 0.29) is 36.2 Å². The fourth-order valence-electron chi connectivity index (χ4n) is 1.79. The average molecular weight is 344 g/mol. The molecular formula is C16H26ClN3O3. The summed E-state index contributed by atoms with van der Waals surface area (Å²) in [5, 5.41) is 2.80. The zero-order valence-electron chi connectivity index (χ0n) is 14.3. The van der Waals surface area contributed by atoms with Crippen LogP contribution in [-0.2, 0) is 4.79 Å². The molecular weight excluding hydrogens is 318 g/mol. The van der Waals surface area contributed by atoms with Crippen molar-refractivity contribution in [2.45, 2.75) is 26.8 Å². The van der Waals surface area contributed by atoms with Gasteiger partial charge in [0.2, 0.25) is 5.91 Å². The van der Waals surface area contributed by atoms with Gasteiger partial charge in [0.05, 0.1) is 18.2 Å². The van der Waals surface area contributed by atoms with Crippen molar-refractivity contribution < 1.29 is 14.3 Å². The highest BCUT2D eigenvalue weighted by molar-refractivity contribution is 5.98. The van der Waals surface area contributed by atoms with Gasteiger partial charge >= 0.3 is 0 Å². The normalized spacial score (nSPS) is 12.6. The molecule has 0 saturated carbocycles. The molecule has 0 saturated heterocycles. The maximum atomic E-state index is 12.2. The Morgan fingerprint density at radius 1 is 1.30 bits per heavy atom. The second kappa shape index (κ2) is 9.37. The Bertz CT molecular complexity index is 547. The van der Waals surface area contributed by atoms with Crippen LogP contribution in [0.1, 0.15) is 31.1 Å². The van der Waals surface area contributed by atoms with Gasteiger partial charge in [0.15, 0.2) is 0 Å². The summed E-state index contributed by atoms with van der Waals surface area (Å²) < 4.78 is 5.50. The number of ether oxygens (including phenoxy) is 1. The number of rotatable bonds is 6. The first-order valence-corrected chi connectivity index (χ1v) is 7.32. The number of benzene rings is 1. The Morgan fingerprint density at radius 2 is 1.91 bits per heavy atom. The monoisotopic (exact) mass is 343 g/mol. The molecule has 1 aromatic carbocycles. The van der Waals surface area contributed by atoms with Crippen molar-refractivity contribution in [3.05, 3.63) is 23.8 Å². The van der Waals surface area contributed by atoms with Crippen molar-refractivity contribution in [1.82, 2.24) is 4.90 Å². The average Bonchev–Trinajstić information content (AvgIpc) is 2.47. The van der Waals surface area contributed by atoms with Gasteiger partial charge in [0, 0.05) is 25.7 Å². The van der Waals surface area contributed by atoms with Gasteiger partial charge in [-0.2, -0.15) is 0 Å². The van der Waals surface area contributed by atoms with E-state index in [0.717, 1.165) is 0 Å². The number of carbonyl (C=O) groups excluding carboxylic acids is 2. The Kier molecular flexibility index (Phi) is 8.64. The molecule has 0 aliphatic carbocycles. The maximum Gasteiger partial charge on any atom is 0.253 e. The predicted molar refractivity (Wildman–Crippen MR) is 94.3 cm³/mol. The second-order valence-electron chi connectivity index (χ2n) is 5.48. The van der Waals surface area contributed by atoms with Gasteiger partial charge in [-0.1, -0.05) is 6.92 Å². The molecule has 3 N–H and O–H groups in total. The van der Waals surface area contributed by atoms with Crippen LogP contribution in [0.4, 0.5) is 5.69 Å². The van der Waals surface area contributed by atoms with Crippen LogP contribution in [0.5, 0.6) is 5.75 Å². The maximum absolute atomic E-state index is 12.2. The lowest BCUT2D eigenvalue weighted by atomic mass is 10.0. The number of anilines is 1. The van der Waals surface area contributed by atoms with E-state index in [9.17, 15) is 9.59 Å². The van der Waals surface area contributed by atoms with E-state index >= 15 is 0 Å². The molecule has 2 unspecified atom stereocenters. The van der Waals surface area contributed by atoms with Crippen LogP contribution in [0.3, 0.4) is 0 Å². The van der Waals surface area contributed by atoms with E-state index in [1.54, 1.807) is 46.1 Å². The summed E-state index contributed by atoms with van der Waals surface area (Å²) in [5.41, 5.74) is 6.71. The predicted octanol–water partition coefficient (Wildman–Crippen LogP) is 2.13. The molecule has 0 radical (unpaired) electrons. The van der Waals surface area contributed by atoms with Gasteiger partial charge in [0.25, 0.3) is 5.91 Å². The number of amides is 2. The first-order chi connectivity index (χ1) is 10.3. The smallest absolute Gasteiger partial charge is 0.253 e. The number of halogens is 1. The standard InChI is InChI=1S/C16H25N3O3.ClH/c1-6-22-14-8-7-12(16(21)19(4)5)9-13(14)18-15(20)10(2)11(3)17;/h7-11H,6,17H2,1-5H3,(H,18,20);1H. The van der Waals surface area contributed by atoms with Gasteiger partial charge in [-0.15, -0.1) is 12.4 Å². The lowest BCUT2D eigenvalue weighted by molar-refractivity contribution is -0.119. The topological polar surface area (TPSA) is 84.7 Å². The van der Waals surface area contributed by atoms with Crippen LogP contribution in [0, 0.1) is 5.92 Å². The van der Waals surface area contributed by atoms with Crippen LogP contribution in [0.15, 0.2) is 18.2 Å². The van der Waals surface area contributed by atoms with E-state index in [2.05, 4.69) is 5.32 Å².